The topological polar surface area (TPSA) is 178 Å². The zero-order valence-corrected chi connectivity index (χ0v) is 24.1. The van der Waals surface area contributed by atoms with E-state index in [-0.39, 0.29) is 36.1 Å². The Balaban J connectivity index is 1.80. The highest BCUT2D eigenvalue weighted by atomic mass is 31.2. The maximum Gasteiger partial charge on any atom is 0.524 e. The van der Waals surface area contributed by atoms with E-state index in [1.165, 1.54) is 48.5 Å². The number of phosphoric acid groups is 1. The van der Waals surface area contributed by atoms with Gasteiger partial charge in [0.25, 0.3) is 5.91 Å². The molecule has 5 N–H and O–H groups in total. The Bertz CT molecular complexity index is 1450. The van der Waals surface area contributed by atoms with Crippen LogP contribution in [0, 0.1) is 17.2 Å². The van der Waals surface area contributed by atoms with Crippen LogP contribution in [0.2, 0.25) is 0 Å². The Hall–Kier alpha value is -4.49. The van der Waals surface area contributed by atoms with Crippen LogP contribution in [0.4, 0.5) is 0 Å². The average Bonchev–Trinajstić information content (AvgIpc) is 2.95. The van der Waals surface area contributed by atoms with E-state index in [0.717, 1.165) is 5.56 Å². The second-order valence-electron chi connectivity index (χ2n) is 10.0. The van der Waals surface area contributed by atoms with Crippen LogP contribution < -0.4 is 20.5 Å². The van der Waals surface area contributed by atoms with Crippen molar-refractivity contribution in [2.75, 3.05) is 0 Å². The van der Waals surface area contributed by atoms with Gasteiger partial charge in [0.2, 0.25) is 11.8 Å². The Morgan fingerprint density at radius 2 is 1.50 bits per heavy atom. The van der Waals surface area contributed by atoms with Crippen LogP contribution in [0.3, 0.4) is 0 Å². The van der Waals surface area contributed by atoms with Crippen molar-refractivity contribution in [2.45, 2.75) is 45.3 Å². The molecule has 0 aliphatic carbocycles. The molecule has 0 radical (unpaired) electrons. The average molecular weight is 593 g/mol. The number of rotatable bonds is 13. The number of benzene rings is 3. The quantitative estimate of drug-likeness (QED) is 0.188. The number of carbonyl (C=O) groups is 3. The lowest BCUT2D eigenvalue weighted by atomic mass is 10.0. The SMILES string of the molecule is CC(C)CC(NC(=O)C(Cc1ccc(OP(=O)(O)O)cc1)NC(=O)c1ccc(C#N)cc1)C(=O)NCc1ccccc1. The summed E-state index contributed by atoms with van der Waals surface area (Å²) >= 11 is 0. The number of amides is 3. The number of nitriles is 1. The molecule has 2 atom stereocenters. The maximum absolute atomic E-state index is 13.6. The molecule has 0 heterocycles. The molecule has 11 nitrogen and oxygen atoms in total. The van der Waals surface area contributed by atoms with Crippen molar-refractivity contribution in [3.8, 4) is 11.8 Å². The molecule has 3 aromatic rings. The zero-order chi connectivity index (χ0) is 30.7. The predicted molar refractivity (Wildman–Crippen MR) is 155 cm³/mol. The first kappa shape index (κ1) is 32.0. The summed E-state index contributed by atoms with van der Waals surface area (Å²) in [6.07, 6.45) is 0.362. The highest BCUT2D eigenvalue weighted by molar-refractivity contribution is 7.46. The van der Waals surface area contributed by atoms with Crippen LogP contribution in [0.15, 0.2) is 78.9 Å². The Morgan fingerprint density at radius 3 is 2.07 bits per heavy atom. The highest BCUT2D eigenvalue weighted by Gasteiger charge is 2.28. The van der Waals surface area contributed by atoms with E-state index in [0.29, 0.717) is 17.5 Å². The molecular weight excluding hydrogens is 559 g/mol. The van der Waals surface area contributed by atoms with Gasteiger partial charge >= 0.3 is 7.82 Å². The summed E-state index contributed by atoms with van der Waals surface area (Å²) in [5.74, 6) is -1.51. The molecule has 3 amide bonds. The van der Waals surface area contributed by atoms with Crippen molar-refractivity contribution < 1.29 is 33.3 Å². The molecule has 2 unspecified atom stereocenters. The first-order valence-corrected chi connectivity index (χ1v) is 14.7. The van der Waals surface area contributed by atoms with Crippen LogP contribution in [0.1, 0.15) is 47.3 Å². The number of hydrogen-bond donors (Lipinski definition) is 5. The Morgan fingerprint density at radius 1 is 0.857 bits per heavy atom. The minimum Gasteiger partial charge on any atom is -0.404 e. The monoisotopic (exact) mass is 592 g/mol. The fraction of sp³-hybridized carbons (Fsp3) is 0.267. The van der Waals surface area contributed by atoms with Crippen LogP contribution in [-0.2, 0) is 27.1 Å². The van der Waals surface area contributed by atoms with Gasteiger partial charge < -0.3 is 20.5 Å². The summed E-state index contributed by atoms with van der Waals surface area (Å²) in [5.41, 5.74) is 2.06. The molecule has 3 aromatic carbocycles. The van der Waals surface area contributed by atoms with Crippen LogP contribution in [-0.4, -0.2) is 39.6 Å². The van der Waals surface area contributed by atoms with E-state index in [1.54, 1.807) is 0 Å². The summed E-state index contributed by atoms with van der Waals surface area (Å²) in [4.78, 5) is 57.8. The molecule has 0 fully saturated rings. The van der Waals surface area contributed by atoms with Gasteiger partial charge in [0.05, 0.1) is 11.6 Å². The Kier molecular flexibility index (Phi) is 11.4. The van der Waals surface area contributed by atoms with Crippen LogP contribution >= 0.6 is 7.82 Å². The molecule has 12 heteroatoms. The lowest BCUT2D eigenvalue weighted by Gasteiger charge is -2.24. The third-order valence-electron chi connectivity index (χ3n) is 6.14. The number of nitrogens with one attached hydrogen (secondary N) is 3. The van der Waals surface area contributed by atoms with Crippen molar-refractivity contribution in [3.05, 3.63) is 101 Å². The first-order valence-electron chi connectivity index (χ1n) is 13.2. The third kappa shape index (κ3) is 10.5. The molecule has 0 spiro atoms. The maximum atomic E-state index is 13.6. The third-order valence-corrected chi connectivity index (χ3v) is 6.58. The molecule has 0 bridgehead atoms. The number of phosphoric ester groups is 1. The van der Waals surface area contributed by atoms with Gasteiger partial charge in [-0.1, -0.05) is 56.3 Å². The lowest BCUT2D eigenvalue weighted by molar-refractivity contribution is -0.130. The van der Waals surface area contributed by atoms with Crippen molar-refractivity contribution in [2.24, 2.45) is 5.92 Å². The summed E-state index contributed by atoms with van der Waals surface area (Å²) in [5, 5.41) is 17.4. The molecule has 0 saturated heterocycles. The van der Waals surface area contributed by atoms with Crippen molar-refractivity contribution in [1.82, 2.24) is 16.0 Å². The van der Waals surface area contributed by atoms with Gasteiger partial charge in [0.15, 0.2) is 0 Å². The second-order valence-corrected chi connectivity index (χ2v) is 11.2. The largest absolute Gasteiger partial charge is 0.524 e. The molecule has 3 rings (SSSR count). The van der Waals surface area contributed by atoms with Gasteiger partial charge in [-0.25, -0.2) is 4.57 Å². The standard InChI is InChI=1S/C30H33N4O7P/c1-20(2)16-26(29(36)32-19-23-6-4-3-5-7-23)34-30(37)27(33-28(35)24-12-8-22(18-31)9-13-24)17-21-10-14-25(15-11-21)41-42(38,39)40/h3-15,20,26-27H,16-17,19H2,1-2H3,(H,32,36)(H,33,35)(H,34,37)(H2,38,39,40). The molecule has 42 heavy (non-hydrogen) atoms. The molecular formula is C30H33N4O7P. The summed E-state index contributed by atoms with van der Waals surface area (Å²) in [6, 6.07) is 21.0. The fourth-order valence-electron chi connectivity index (χ4n) is 4.09. The van der Waals surface area contributed by atoms with E-state index in [4.69, 9.17) is 15.0 Å². The smallest absolute Gasteiger partial charge is 0.404 e. The molecule has 0 aliphatic rings. The number of nitrogens with zero attached hydrogens (tertiary/aromatic N) is 1. The number of hydrogen-bond acceptors (Lipinski definition) is 6. The van der Waals surface area contributed by atoms with Gasteiger partial charge in [0, 0.05) is 18.5 Å². The van der Waals surface area contributed by atoms with E-state index < -0.39 is 31.7 Å². The van der Waals surface area contributed by atoms with Gasteiger partial charge in [-0.05, 0) is 59.9 Å². The second kappa shape index (κ2) is 14.9. The first-order chi connectivity index (χ1) is 19.9. The highest BCUT2D eigenvalue weighted by Crippen LogP contribution is 2.37. The minimum atomic E-state index is -4.75. The van der Waals surface area contributed by atoms with E-state index in [9.17, 15) is 18.9 Å². The molecule has 0 aromatic heterocycles. The summed E-state index contributed by atoms with van der Waals surface area (Å²) in [6.45, 7) is 4.14. The fourth-order valence-corrected chi connectivity index (χ4v) is 4.49. The normalized spacial score (nSPS) is 12.5. The Labute approximate surface area is 244 Å². The van der Waals surface area contributed by atoms with E-state index >= 15 is 0 Å². The van der Waals surface area contributed by atoms with Gasteiger partial charge in [-0.2, -0.15) is 5.26 Å². The summed E-state index contributed by atoms with van der Waals surface area (Å²) < 4.78 is 15.7. The minimum absolute atomic E-state index is 0.00404. The van der Waals surface area contributed by atoms with Crippen molar-refractivity contribution in [3.63, 3.8) is 0 Å². The zero-order valence-electron chi connectivity index (χ0n) is 23.2. The predicted octanol–water partition coefficient (Wildman–Crippen LogP) is 3.22. The molecule has 0 aliphatic heterocycles. The van der Waals surface area contributed by atoms with Gasteiger partial charge in [0.1, 0.15) is 17.8 Å². The molecule has 220 valence electrons. The van der Waals surface area contributed by atoms with Crippen LogP contribution in [0.5, 0.6) is 5.75 Å². The van der Waals surface area contributed by atoms with Gasteiger partial charge in [-0.3, -0.25) is 24.2 Å². The van der Waals surface area contributed by atoms with Crippen molar-refractivity contribution in [1.29, 1.82) is 5.26 Å². The van der Waals surface area contributed by atoms with Crippen molar-refractivity contribution >= 4 is 25.5 Å². The van der Waals surface area contributed by atoms with E-state index in [2.05, 4.69) is 20.5 Å². The lowest BCUT2D eigenvalue weighted by Crippen LogP contribution is -2.54. The van der Waals surface area contributed by atoms with Gasteiger partial charge in [-0.15, -0.1) is 0 Å². The van der Waals surface area contributed by atoms with Crippen LogP contribution in [0.25, 0.3) is 0 Å². The number of carbonyl (C=O) groups excluding carboxylic acids is 3. The summed E-state index contributed by atoms with van der Waals surface area (Å²) in [7, 11) is -4.75. The van der Waals surface area contributed by atoms with E-state index in [1.807, 2.05) is 50.2 Å². The molecule has 0 saturated carbocycles.